The number of rotatable bonds is 10. The second-order valence-electron chi connectivity index (χ2n) is 7.35. The number of carbonyl (C=O) groups excluding carboxylic acids is 1. The molecule has 0 bridgehead atoms. The van der Waals surface area contributed by atoms with Crippen LogP contribution in [0, 0.1) is 10.1 Å². The van der Waals surface area contributed by atoms with Crippen molar-refractivity contribution < 1.29 is 28.0 Å². The van der Waals surface area contributed by atoms with E-state index < -0.39 is 31.0 Å². The molecule has 0 atom stereocenters. The highest BCUT2D eigenvalue weighted by Crippen LogP contribution is 2.39. The number of ether oxygens (including phenoxy) is 2. The quantitative estimate of drug-likeness (QED) is 0.170. The van der Waals surface area contributed by atoms with E-state index in [1.807, 2.05) is 0 Å². The molecule has 0 unspecified atom stereocenters. The molecule has 2 rings (SSSR count). The number of halogens is 3. The Morgan fingerprint density at radius 1 is 1.38 bits per heavy atom. The van der Waals surface area contributed by atoms with Gasteiger partial charge in [0.05, 0.1) is 15.5 Å². The molecule has 0 radical (unpaired) electrons. The van der Waals surface area contributed by atoms with Gasteiger partial charge in [-0.1, -0.05) is 31.2 Å². The molecule has 0 spiro atoms. The van der Waals surface area contributed by atoms with Gasteiger partial charge in [-0.3, -0.25) is 14.9 Å². The predicted octanol–water partition coefficient (Wildman–Crippen LogP) is 4.84. The van der Waals surface area contributed by atoms with E-state index in [2.05, 4.69) is 29.5 Å². The van der Waals surface area contributed by atoms with Gasteiger partial charge >= 0.3 is 12.3 Å². The van der Waals surface area contributed by atoms with Crippen LogP contribution in [0.2, 0.25) is 30.7 Å². The van der Waals surface area contributed by atoms with Gasteiger partial charge in [0.25, 0.3) is 0 Å². The third-order valence-electron chi connectivity index (χ3n) is 3.92. The van der Waals surface area contributed by atoms with Crippen LogP contribution in [0.1, 0.15) is 10.4 Å². The van der Waals surface area contributed by atoms with Crippen LogP contribution in [0.25, 0.3) is 11.3 Å². The molecule has 0 N–H and O–H groups in total. The highest BCUT2D eigenvalue weighted by molar-refractivity contribution is 6.76. The van der Waals surface area contributed by atoms with Crippen LogP contribution in [-0.4, -0.2) is 42.3 Å². The lowest BCUT2D eigenvalue weighted by Crippen LogP contribution is -2.22. The SMILES string of the molecule is C[Si](C)(C)CCOCn1ncc([N+](=O)[O-])c1-c1cc(Cl)c(C=O)cc1OC(F)F. The first-order chi connectivity index (χ1) is 13.5. The van der Waals surface area contributed by atoms with E-state index in [4.69, 9.17) is 16.3 Å². The molecule has 0 aliphatic rings. The number of aromatic nitrogens is 2. The van der Waals surface area contributed by atoms with Crippen molar-refractivity contribution in [2.45, 2.75) is 39.0 Å². The fourth-order valence-electron chi connectivity index (χ4n) is 2.45. The topological polar surface area (TPSA) is 96.5 Å². The molecule has 8 nitrogen and oxygen atoms in total. The summed E-state index contributed by atoms with van der Waals surface area (Å²) in [5.41, 5.74) is -0.740. The molecule has 1 aromatic carbocycles. The molecule has 0 saturated heterocycles. The van der Waals surface area contributed by atoms with E-state index in [1.54, 1.807) is 0 Å². The van der Waals surface area contributed by atoms with Crippen molar-refractivity contribution >= 4 is 31.6 Å². The standard InChI is InChI=1S/C17H20ClF2N3O5Si/c1-29(2,3)5-4-27-10-22-16(14(8-21-22)23(25)26)12-7-13(18)11(9-24)6-15(12)28-17(19)20/h6-9,17H,4-5,10H2,1-3H3. The normalized spacial score (nSPS) is 11.7. The molecule has 0 saturated carbocycles. The Morgan fingerprint density at radius 3 is 2.62 bits per heavy atom. The summed E-state index contributed by atoms with van der Waals surface area (Å²) in [6.07, 6.45) is 1.36. The van der Waals surface area contributed by atoms with Gasteiger partial charge in [-0.15, -0.1) is 0 Å². The number of aldehydes is 1. The number of alkyl halides is 2. The molecule has 12 heteroatoms. The second kappa shape index (κ2) is 9.42. The Hall–Kier alpha value is -2.37. The fourth-order valence-corrected chi connectivity index (χ4v) is 3.42. The van der Waals surface area contributed by atoms with Gasteiger partial charge in [-0.25, -0.2) is 4.68 Å². The van der Waals surface area contributed by atoms with Gasteiger partial charge in [0.2, 0.25) is 0 Å². The van der Waals surface area contributed by atoms with E-state index >= 15 is 0 Å². The molecular weight excluding hydrogens is 428 g/mol. The van der Waals surface area contributed by atoms with Crippen LogP contribution in [0.4, 0.5) is 14.5 Å². The Labute approximate surface area is 171 Å². The average molecular weight is 448 g/mol. The van der Waals surface area contributed by atoms with Crippen molar-refractivity contribution in [2.24, 2.45) is 0 Å². The summed E-state index contributed by atoms with van der Waals surface area (Å²) < 4.78 is 37.0. The number of benzene rings is 1. The van der Waals surface area contributed by atoms with Crippen molar-refractivity contribution in [3.63, 3.8) is 0 Å². The lowest BCUT2D eigenvalue weighted by Gasteiger charge is -2.16. The Bertz CT molecular complexity index is 902. The lowest BCUT2D eigenvalue weighted by molar-refractivity contribution is -0.384. The van der Waals surface area contributed by atoms with Gasteiger partial charge in [0.15, 0.2) is 12.0 Å². The minimum absolute atomic E-state index is 0.0710. The van der Waals surface area contributed by atoms with E-state index in [9.17, 15) is 23.7 Å². The molecular formula is C17H20ClF2N3O5Si. The van der Waals surface area contributed by atoms with Crippen molar-refractivity contribution in [3.8, 4) is 17.0 Å². The number of nitro groups is 1. The summed E-state index contributed by atoms with van der Waals surface area (Å²) in [6, 6.07) is 3.03. The maximum absolute atomic E-state index is 12.9. The number of nitrogens with zero attached hydrogens (tertiary/aromatic N) is 3. The third-order valence-corrected chi connectivity index (χ3v) is 5.96. The largest absolute Gasteiger partial charge is 0.434 e. The van der Waals surface area contributed by atoms with Gasteiger partial charge in [0.1, 0.15) is 18.7 Å². The molecule has 1 heterocycles. The summed E-state index contributed by atoms with van der Waals surface area (Å²) in [5.74, 6) is -0.432. The third kappa shape index (κ3) is 6.05. The highest BCUT2D eigenvalue weighted by Gasteiger charge is 2.27. The first kappa shape index (κ1) is 22.9. The number of hydrogen-bond acceptors (Lipinski definition) is 6. The van der Waals surface area contributed by atoms with Gasteiger partial charge < -0.3 is 9.47 Å². The minimum atomic E-state index is -3.21. The first-order valence-electron chi connectivity index (χ1n) is 8.55. The highest BCUT2D eigenvalue weighted by atomic mass is 35.5. The summed E-state index contributed by atoms with van der Waals surface area (Å²) in [5, 5.41) is 15.3. The molecule has 158 valence electrons. The minimum Gasteiger partial charge on any atom is -0.434 e. The number of carbonyl (C=O) groups is 1. The first-order valence-corrected chi connectivity index (χ1v) is 12.6. The van der Waals surface area contributed by atoms with Gasteiger partial charge in [0, 0.05) is 20.2 Å². The zero-order valence-corrected chi connectivity index (χ0v) is 17.8. The lowest BCUT2D eigenvalue weighted by atomic mass is 10.1. The second-order valence-corrected chi connectivity index (χ2v) is 13.4. The Balaban J connectivity index is 2.49. The summed E-state index contributed by atoms with van der Waals surface area (Å²) >= 11 is 6.02. The Kier molecular flexibility index (Phi) is 7.44. The molecule has 0 aliphatic carbocycles. The van der Waals surface area contributed by atoms with E-state index in [0.717, 1.165) is 24.4 Å². The van der Waals surface area contributed by atoms with Crippen LogP contribution in [-0.2, 0) is 11.5 Å². The van der Waals surface area contributed by atoms with E-state index in [-0.39, 0.29) is 28.6 Å². The summed E-state index contributed by atoms with van der Waals surface area (Å²) in [4.78, 5) is 21.8. The predicted molar refractivity (Wildman–Crippen MR) is 105 cm³/mol. The molecule has 2 aromatic rings. The van der Waals surface area contributed by atoms with Crippen molar-refractivity contribution in [1.82, 2.24) is 9.78 Å². The molecule has 1 aromatic heterocycles. The van der Waals surface area contributed by atoms with Crippen LogP contribution in [0.15, 0.2) is 18.3 Å². The smallest absolute Gasteiger partial charge is 0.387 e. The zero-order valence-electron chi connectivity index (χ0n) is 16.0. The Morgan fingerprint density at radius 2 is 2.07 bits per heavy atom. The zero-order chi connectivity index (χ0) is 21.8. The van der Waals surface area contributed by atoms with Gasteiger partial charge in [-0.05, 0) is 18.2 Å². The van der Waals surface area contributed by atoms with Crippen LogP contribution < -0.4 is 4.74 Å². The molecule has 0 aliphatic heterocycles. The monoisotopic (exact) mass is 447 g/mol. The average Bonchev–Trinajstić information content (AvgIpc) is 3.02. The fraction of sp³-hybridized carbons (Fsp3) is 0.412. The van der Waals surface area contributed by atoms with E-state index in [0.29, 0.717) is 12.9 Å². The summed E-state index contributed by atoms with van der Waals surface area (Å²) in [6.45, 7) is 3.60. The van der Waals surface area contributed by atoms with E-state index in [1.165, 1.54) is 4.68 Å². The molecule has 29 heavy (non-hydrogen) atoms. The van der Waals surface area contributed by atoms with Crippen LogP contribution in [0.5, 0.6) is 5.75 Å². The summed E-state index contributed by atoms with van der Waals surface area (Å²) in [7, 11) is -1.35. The maximum atomic E-state index is 12.9. The van der Waals surface area contributed by atoms with Crippen molar-refractivity contribution in [3.05, 3.63) is 39.0 Å². The van der Waals surface area contributed by atoms with Crippen LogP contribution >= 0.6 is 11.6 Å². The van der Waals surface area contributed by atoms with Gasteiger partial charge in [-0.2, -0.15) is 13.9 Å². The van der Waals surface area contributed by atoms with Crippen molar-refractivity contribution in [2.75, 3.05) is 6.61 Å². The van der Waals surface area contributed by atoms with Crippen LogP contribution in [0.3, 0.4) is 0 Å². The van der Waals surface area contributed by atoms with Crippen molar-refractivity contribution in [1.29, 1.82) is 0 Å². The molecule has 0 fully saturated rings. The molecule has 0 amide bonds. The number of hydrogen-bond donors (Lipinski definition) is 0. The maximum Gasteiger partial charge on any atom is 0.387 e.